The first-order chi connectivity index (χ1) is 16.3. The van der Waals surface area contributed by atoms with Crippen molar-refractivity contribution in [3.63, 3.8) is 0 Å². The molecule has 2 N–H and O–H groups in total. The molecule has 0 saturated heterocycles. The van der Waals surface area contributed by atoms with Gasteiger partial charge in [0.1, 0.15) is 5.75 Å². The Hall–Kier alpha value is -3.74. The van der Waals surface area contributed by atoms with Gasteiger partial charge in [-0.1, -0.05) is 36.4 Å². The van der Waals surface area contributed by atoms with Gasteiger partial charge in [0.15, 0.2) is 5.78 Å². The maximum absolute atomic E-state index is 13.5. The number of para-hydroxylation sites is 2. The van der Waals surface area contributed by atoms with E-state index in [1.54, 1.807) is 7.11 Å². The number of alkyl halides is 3. The van der Waals surface area contributed by atoms with Crippen molar-refractivity contribution in [3.05, 3.63) is 101 Å². The fourth-order valence-corrected chi connectivity index (χ4v) is 4.72. The quantitative estimate of drug-likeness (QED) is 0.453. The maximum atomic E-state index is 13.5. The Morgan fingerprint density at radius 2 is 1.50 bits per heavy atom. The predicted octanol–water partition coefficient (Wildman–Crippen LogP) is 6.69. The van der Waals surface area contributed by atoms with E-state index in [9.17, 15) is 18.0 Å². The molecule has 0 radical (unpaired) electrons. The molecule has 34 heavy (non-hydrogen) atoms. The van der Waals surface area contributed by atoms with Gasteiger partial charge in [-0.2, -0.15) is 13.2 Å². The molecular weight excluding hydrogens is 441 g/mol. The minimum atomic E-state index is -4.42. The van der Waals surface area contributed by atoms with E-state index < -0.39 is 17.8 Å². The minimum absolute atomic E-state index is 0.0110. The van der Waals surface area contributed by atoms with E-state index in [0.717, 1.165) is 40.5 Å². The highest BCUT2D eigenvalue weighted by molar-refractivity contribution is 6.01. The van der Waals surface area contributed by atoms with Crippen LogP contribution in [-0.4, -0.2) is 12.9 Å². The number of ether oxygens (including phenoxy) is 1. The Balaban J connectivity index is 1.55. The number of anilines is 2. The van der Waals surface area contributed by atoms with Gasteiger partial charge in [-0.3, -0.25) is 4.79 Å². The van der Waals surface area contributed by atoms with Crippen LogP contribution in [0.25, 0.3) is 0 Å². The van der Waals surface area contributed by atoms with E-state index in [2.05, 4.69) is 10.6 Å². The van der Waals surface area contributed by atoms with Crippen LogP contribution in [0.4, 0.5) is 24.5 Å². The number of fused-ring (bicyclic) bond motifs is 1. The monoisotopic (exact) mass is 464 g/mol. The van der Waals surface area contributed by atoms with Crippen molar-refractivity contribution in [2.24, 2.45) is 0 Å². The third-order valence-corrected chi connectivity index (χ3v) is 6.47. The third-order valence-electron chi connectivity index (χ3n) is 6.47. The number of methoxy groups -OCH3 is 1. The topological polar surface area (TPSA) is 50.4 Å². The van der Waals surface area contributed by atoms with Crippen LogP contribution in [0.2, 0.25) is 0 Å². The molecule has 0 saturated carbocycles. The molecule has 1 heterocycles. The normalized spacial score (nSPS) is 19.9. The number of carbonyl (C=O) groups is 1. The van der Waals surface area contributed by atoms with Crippen LogP contribution < -0.4 is 15.4 Å². The summed E-state index contributed by atoms with van der Waals surface area (Å²) in [5, 5.41) is 6.84. The van der Waals surface area contributed by atoms with Gasteiger partial charge in [0.2, 0.25) is 0 Å². The lowest BCUT2D eigenvalue weighted by Gasteiger charge is -2.30. The molecule has 1 aliphatic heterocycles. The first kappa shape index (κ1) is 22.1. The summed E-state index contributed by atoms with van der Waals surface area (Å²) in [5.41, 5.74) is 3.91. The van der Waals surface area contributed by atoms with Gasteiger partial charge in [0.25, 0.3) is 0 Å². The van der Waals surface area contributed by atoms with E-state index in [1.165, 1.54) is 12.1 Å². The Labute approximate surface area is 195 Å². The Morgan fingerprint density at radius 3 is 2.15 bits per heavy atom. The number of allylic oxidation sites excluding steroid dienone is 1. The van der Waals surface area contributed by atoms with Gasteiger partial charge in [0.05, 0.1) is 30.1 Å². The minimum Gasteiger partial charge on any atom is -0.497 e. The number of hydrogen-bond acceptors (Lipinski definition) is 4. The van der Waals surface area contributed by atoms with Crippen molar-refractivity contribution in [3.8, 4) is 5.75 Å². The molecule has 0 aromatic heterocycles. The summed E-state index contributed by atoms with van der Waals surface area (Å²) in [5.74, 6) is 0.710. The smallest absolute Gasteiger partial charge is 0.416 e. The molecular formula is C27H23F3N2O2. The molecule has 174 valence electrons. The molecule has 0 amide bonds. The van der Waals surface area contributed by atoms with E-state index in [1.807, 2.05) is 48.5 Å². The second kappa shape index (κ2) is 8.56. The van der Waals surface area contributed by atoms with Crippen LogP contribution in [0.15, 0.2) is 84.1 Å². The van der Waals surface area contributed by atoms with Crippen molar-refractivity contribution in [2.75, 3.05) is 17.7 Å². The summed E-state index contributed by atoms with van der Waals surface area (Å²) >= 11 is 0. The highest BCUT2D eigenvalue weighted by Gasteiger charge is 2.37. The largest absolute Gasteiger partial charge is 0.497 e. The highest BCUT2D eigenvalue weighted by atomic mass is 19.4. The van der Waals surface area contributed by atoms with Crippen LogP contribution in [0.1, 0.15) is 41.5 Å². The zero-order chi connectivity index (χ0) is 23.9. The lowest BCUT2D eigenvalue weighted by Crippen LogP contribution is -2.27. The number of ketones is 1. The number of benzene rings is 3. The molecule has 3 aromatic carbocycles. The second-order valence-electron chi connectivity index (χ2n) is 8.56. The lowest BCUT2D eigenvalue weighted by atomic mass is 9.78. The molecule has 4 nitrogen and oxygen atoms in total. The molecule has 0 bridgehead atoms. The Kier molecular flexibility index (Phi) is 5.55. The highest BCUT2D eigenvalue weighted by Crippen LogP contribution is 2.44. The van der Waals surface area contributed by atoms with Gasteiger partial charge in [-0.15, -0.1) is 0 Å². The molecule has 1 aliphatic carbocycles. The fourth-order valence-electron chi connectivity index (χ4n) is 4.72. The van der Waals surface area contributed by atoms with Crippen LogP contribution in [0.3, 0.4) is 0 Å². The first-order valence-corrected chi connectivity index (χ1v) is 11.0. The molecule has 2 aliphatic rings. The Morgan fingerprint density at radius 1 is 0.853 bits per heavy atom. The molecule has 2 atom stereocenters. The summed E-state index contributed by atoms with van der Waals surface area (Å²) in [4.78, 5) is 13.5. The third kappa shape index (κ3) is 4.14. The number of hydrogen-bond donors (Lipinski definition) is 2. The molecule has 5 rings (SSSR count). The summed E-state index contributed by atoms with van der Waals surface area (Å²) in [6.45, 7) is 0. The summed E-state index contributed by atoms with van der Waals surface area (Å²) < 4.78 is 44.6. The van der Waals surface area contributed by atoms with E-state index >= 15 is 0 Å². The van der Waals surface area contributed by atoms with Crippen molar-refractivity contribution in [1.82, 2.24) is 0 Å². The maximum Gasteiger partial charge on any atom is 0.416 e. The van der Waals surface area contributed by atoms with E-state index in [0.29, 0.717) is 24.0 Å². The summed E-state index contributed by atoms with van der Waals surface area (Å²) in [6, 6.07) is 19.8. The van der Waals surface area contributed by atoms with Crippen LogP contribution in [0.5, 0.6) is 5.75 Å². The summed E-state index contributed by atoms with van der Waals surface area (Å²) in [6.07, 6.45) is -3.48. The van der Waals surface area contributed by atoms with Crippen molar-refractivity contribution >= 4 is 17.2 Å². The second-order valence-corrected chi connectivity index (χ2v) is 8.56. The van der Waals surface area contributed by atoms with Crippen LogP contribution in [-0.2, 0) is 11.0 Å². The predicted molar refractivity (Wildman–Crippen MR) is 125 cm³/mol. The average Bonchev–Trinajstić information content (AvgIpc) is 3.00. The average molecular weight is 464 g/mol. The van der Waals surface area contributed by atoms with Gasteiger partial charge in [0, 0.05) is 17.7 Å². The molecule has 0 unspecified atom stereocenters. The molecule has 0 spiro atoms. The standard InChI is InChI=1S/C27H23F3N2O2/c1-34-20-12-8-16(9-13-20)18-14-23-25(24(33)15-18)26(32-22-5-3-2-4-21(22)31-23)17-6-10-19(11-7-17)27(28,29)30/h2-13,18,26,31-32H,14-15H2,1H3/t18-,26+/m0/s1. The van der Waals surface area contributed by atoms with E-state index in [4.69, 9.17) is 4.74 Å². The zero-order valence-corrected chi connectivity index (χ0v) is 18.4. The fraction of sp³-hybridized carbons (Fsp3) is 0.222. The number of halogens is 3. The number of Topliss-reactive ketones (excluding diaryl/α,β-unsaturated/α-hetero) is 1. The zero-order valence-electron chi connectivity index (χ0n) is 18.4. The SMILES string of the molecule is COc1ccc([C@@H]2CC(=O)C3=C(C2)Nc2ccccc2N[C@@H]3c2ccc(C(F)(F)F)cc2)cc1. The number of rotatable bonds is 3. The number of carbonyl (C=O) groups excluding carboxylic acids is 1. The number of nitrogens with one attached hydrogen (secondary N) is 2. The summed E-state index contributed by atoms with van der Waals surface area (Å²) in [7, 11) is 1.61. The molecule has 7 heteroatoms. The van der Waals surface area contributed by atoms with Crippen molar-refractivity contribution in [1.29, 1.82) is 0 Å². The van der Waals surface area contributed by atoms with Crippen molar-refractivity contribution < 1.29 is 22.7 Å². The van der Waals surface area contributed by atoms with Crippen LogP contribution in [0, 0.1) is 0 Å². The molecule has 3 aromatic rings. The lowest BCUT2D eigenvalue weighted by molar-refractivity contribution is -0.137. The van der Waals surface area contributed by atoms with Crippen LogP contribution >= 0.6 is 0 Å². The van der Waals surface area contributed by atoms with Crippen molar-refractivity contribution in [2.45, 2.75) is 31.0 Å². The first-order valence-electron chi connectivity index (χ1n) is 11.0. The van der Waals surface area contributed by atoms with Gasteiger partial charge in [-0.05, 0) is 59.9 Å². The Bertz CT molecular complexity index is 1250. The van der Waals surface area contributed by atoms with Gasteiger partial charge in [-0.25, -0.2) is 0 Å². The van der Waals surface area contributed by atoms with E-state index in [-0.39, 0.29) is 11.7 Å². The molecule has 0 fully saturated rings. The van der Waals surface area contributed by atoms with Gasteiger partial charge < -0.3 is 15.4 Å². The van der Waals surface area contributed by atoms with Gasteiger partial charge >= 0.3 is 6.18 Å².